The van der Waals surface area contributed by atoms with Crippen LogP contribution in [0.3, 0.4) is 0 Å². The molecule has 4 heteroatoms. The maximum atomic E-state index is 6.04. The van der Waals surface area contributed by atoms with E-state index in [-0.39, 0.29) is 6.04 Å². The fourth-order valence-corrected chi connectivity index (χ4v) is 3.17. The van der Waals surface area contributed by atoms with Gasteiger partial charge in [0, 0.05) is 16.3 Å². The molecule has 0 radical (unpaired) electrons. The number of nitrogens with one attached hydrogen (secondary N) is 1. The van der Waals surface area contributed by atoms with Crippen LogP contribution in [0.1, 0.15) is 32.1 Å². The molecule has 0 aliphatic carbocycles. The Labute approximate surface area is 124 Å². The Balaban J connectivity index is 1.92. The molecule has 2 heterocycles. The first-order chi connectivity index (χ1) is 9.67. The number of ether oxygens (including phenoxy) is 1. The lowest BCUT2D eigenvalue weighted by molar-refractivity contribution is 0.116. The summed E-state index contributed by atoms with van der Waals surface area (Å²) in [5, 5.41) is 5.33. The third-order valence-corrected chi connectivity index (χ3v) is 4.16. The second-order valence-electron chi connectivity index (χ2n) is 5.51. The van der Waals surface area contributed by atoms with E-state index in [9.17, 15) is 0 Å². The molecule has 1 aromatic carbocycles. The molecule has 0 amide bonds. The molecule has 1 aliphatic heterocycles. The fraction of sp³-hybridized carbons (Fsp3) is 0.500. The van der Waals surface area contributed by atoms with Gasteiger partial charge < -0.3 is 14.5 Å². The minimum absolute atomic E-state index is 0.205. The molecule has 0 spiro atoms. The van der Waals surface area contributed by atoms with Crippen LogP contribution in [0, 0.1) is 5.92 Å². The van der Waals surface area contributed by atoms with Gasteiger partial charge in [0.1, 0.15) is 11.3 Å². The summed E-state index contributed by atoms with van der Waals surface area (Å²) in [5.74, 6) is 1.44. The topological polar surface area (TPSA) is 34.4 Å². The Morgan fingerprint density at radius 1 is 1.40 bits per heavy atom. The van der Waals surface area contributed by atoms with E-state index >= 15 is 0 Å². The van der Waals surface area contributed by atoms with Gasteiger partial charge in [0.15, 0.2) is 0 Å². The van der Waals surface area contributed by atoms with Crippen molar-refractivity contribution in [3.63, 3.8) is 0 Å². The lowest BCUT2D eigenvalue weighted by Crippen LogP contribution is -2.28. The van der Waals surface area contributed by atoms with E-state index in [1.807, 2.05) is 18.2 Å². The standard InChI is InChI=1S/C16H20ClNO2/c1-3-18-16(12-6-10(2)19-9-12)15-8-11-7-13(17)4-5-14(11)20-15/h4-5,7-8,10,12,16,18H,3,6,9H2,1-2H3. The molecule has 1 aromatic heterocycles. The largest absolute Gasteiger partial charge is 0.459 e. The highest BCUT2D eigenvalue weighted by Crippen LogP contribution is 2.35. The number of hydrogen-bond acceptors (Lipinski definition) is 3. The van der Waals surface area contributed by atoms with Crippen LogP contribution in [0.25, 0.3) is 11.0 Å². The van der Waals surface area contributed by atoms with E-state index in [2.05, 4.69) is 25.2 Å². The van der Waals surface area contributed by atoms with E-state index in [4.69, 9.17) is 20.8 Å². The Morgan fingerprint density at radius 2 is 2.25 bits per heavy atom. The van der Waals surface area contributed by atoms with Crippen LogP contribution < -0.4 is 5.32 Å². The van der Waals surface area contributed by atoms with Gasteiger partial charge in [-0.2, -0.15) is 0 Å². The summed E-state index contributed by atoms with van der Waals surface area (Å²) in [6.45, 7) is 5.94. The van der Waals surface area contributed by atoms with E-state index < -0.39 is 0 Å². The summed E-state index contributed by atoms with van der Waals surface area (Å²) in [6.07, 6.45) is 1.40. The highest BCUT2D eigenvalue weighted by molar-refractivity contribution is 6.31. The summed E-state index contributed by atoms with van der Waals surface area (Å²) in [5.41, 5.74) is 0.888. The van der Waals surface area contributed by atoms with E-state index in [1.54, 1.807) is 0 Å². The molecule has 1 fully saturated rings. The maximum absolute atomic E-state index is 6.04. The lowest BCUT2D eigenvalue weighted by Gasteiger charge is -2.21. The first kappa shape index (κ1) is 13.9. The molecule has 3 atom stereocenters. The molecular weight excluding hydrogens is 274 g/mol. The molecule has 3 nitrogen and oxygen atoms in total. The Hall–Kier alpha value is -1.03. The average molecular weight is 294 g/mol. The molecule has 0 bridgehead atoms. The van der Waals surface area contributed by atoms with Crippen LogP contribution in [-0.4, -0.2) is 19.3 Å². The summed E-state index contributed by atoms with van der Waals surface area (Å²) < 4.78 is 11.7. The van der Waals surface area contributed by atoms with Crippen molar-refractivity contribution in [2.24, 2.45) is 5.92 Å². The third-order valence-electron chi connectivity index (χ3n) is 3.93. The van der Waals surface area contributed by atoms with Gasteiger partial charge in [0.25, 0.3) is 0 Å². The van der Waals surface area contributed by atoms with E-state index in [0.717, 1.165) is 41.3 Å². The molecule has 3 unspecified atom stereocenters. The molecule has 2 aromatic rings. The second-order valence-corrected chi connectivity index (χ2v) is 5.94. The van der Waals surface area contributed by atoms with E-state index in [0.29, 0.717) is 12.0 Å². The first-order valence-corrected chi connectivity index (χ1v) is 7.59. The summed E-state index contributed by atoms with van der Waals surface area (Å²) in [4.78, 5) is 0. The highest BCUT2D eigenvalue weighted by atomic mass is 35.5. The Kier molecular flexibility index (Phi) is 4.01. The summed E-state index contributed by atoms with van der Waals surface area (Å²) in [6, 6.07) is 8.03. The third kappa shape index (κ3) is 2.71. The normalized spacial score (nSPS) is 24.4. The van der Waals surface area contributed by atoms with Crippen molar-refractivity contribution in [2.75, 3.05) is 13.2 Å². The predicted octanol–water partition coefficient (Wildman–Crippen LogP) is 4.16. The number of furan rings is 1. The molecular formula is C16H20ClNO2. The van der Waals surface area contributed by atoms with Gasteiger partial charge in [0.05, 0.1) is 18.8 Å². The van der Waals surface area contributed by atoms with Gasteiger partial charge in [0.2, 0.25) is 0 Å². The van der Waals surface area contributed by atoms with Crippen LogP contribution in [0.4, 0.5) is 0 Å². The molecule has 1 aliphatic rings. The monoisotopic (exact) mass is 293 g/mol. The molecule has 1 saturated heterocycles. The van der Waals surface area contributed by atoms with Gasteiger partial charge in [-0.1, -0.05) is 18.5 Å². The van der Waals surface area contributed by atoms with Gasteiger partial charge >= 0.3 is 0 Å². The van der Waals surface area contributed by atoms with Crippen LogP contribution in [0.2, 0.25) is 5.02 Å². The number of fused-ring (bicyclic) bond motifs is 1. The zero-order valence-corrected chi connectivity index (χ0v) is 12.6. The Morgan fingerprint density at radius 3 is 2.95 bits per heavy atom. The molecule has 0 saturated carbocycles. The SMILES string of the molecule is CCNC(c1cc2cc(Cl)ccc2o1)C1COC(C)C1. The molecule has 108 valence electrons. The molecule has 20 heavy (non-hydrogen) atoms. The fourth-order valence-electron chi connectivity index (χ4n) is 2.99. The van der Waals surface area contributed by atoms with Crippen molar-refractivity contribution in [1.82, 2.24) is 5.32 Å². The van der Waals surface area contributed by atoms with Crippen LogP contribution in [0.15, 0.2) is 28.7 Å². The van der Waals surface area contributed by atoms with Gasteiger partial charge in [-0.3, -0.25) is 0 Å². The number of rotatable bonds is 4. The van der Waals surface area contributed by atoms with Gasteiger partial charge in [-0.05, 0) is 44.2 Å². The maximum Gasteiger partial charge on any atom is 0.134 e. The van der Waals surface area contributed by atoms with Crippen molar-refractivity contribution >= 4 is 22.6 Å². The average Bonchev–Trinajstić information content (AvgIpc) is 3.01. The highest BCUT2D eigenvalue weighted by Gasteiger charge is 2.32. The van der Waals surface area contributed by atoms with Crippen LogP contribution in [-0.2, 0) is 4.74 Å². The molecule has 3 rings (SSSR count). The number of hydrogen-bond donors (Lipinski definition) is 1. The first-order valence-electron chi connectivity index (χ1n) is 7.21. The number of benzene rings is 1. The van der Waals surface area contributed by atoms with Gasteiger partial charge in [-0.25, -0.2) is 0 Å². The summed E-state index contributed by atoms with van der Waals surface area (Å²) >= 11 is 6.04. The van der Waals surface area contributed by atoms with Crippen molar-refractivity contribution in [3.05, 3.63) is 35.0 Å². The van der Waals surface area contributed by atoms with Gasteiger partial charge in [-0.15, -0.1) is 0 Å². The quantitative estimate of drug-likeness (QED) is 0.919. The molecule has 1 N–H and O–H groups in total. The van der Waals surface area contributed by atoms with E-state index in [1.165, 1.54) is 0 Å². The second kappa shape index (κ2) is 5.76. The van der Waals surface area contributed by atoms with Crippen molar-refractivity contribution in [3.8, 4) is 0 Å². The van der Waals surface area contributed by atoms with Crippen molar-refractivity contribution in [1.29, 1.82) is 0 Å². The zero-order chi connectivity index (χ0) is 14.1. The minimum atomic E-state index is 0.205. The van der Waals surface area contributed by atoms with Crippen molar-refractivity contribution in [2.45, 2.75) is 32.4 Å². The summed E-state index contributed by atoms with van der Waals surface area (Å²) in [7, 11) is 0. The lowest BCUT2D eigenvalue weighted by atomic mass is 9.95. The van der Waals surface area contributed by atoms with Crippen LogP contribution in [0.5, 0.6) is 0 Å². The zero-order valence-electron chi connectivity index (χ0n) is 11.9. The predicted molar refractivity (Wildman–Crippen MR) is 81.2 cm³/mol. The Bertz CT molecular complexity index is 595. The minimum Gasteiger partial charge on any atom is -0.459 e. The smallest absolute Gasteiger partial charge is 0.134 e. The van der Waals surface area contributed by atoms with Crippen LogP contribution >= 0.6 is 11.6 Å². The van der Waals surface area contributed by atoms with Crippen molar-refractivity contribution < 1.29 is 9.15 Å². The number of halogens is 1.